The highest BCUT2D eigenvalue weighted by molar-refractivity contribution is 7.89. The number of benzene rings is 2. The van der Waals surface area contributed by atoms with Crippen molar-refractivity contribution >= 4 is 27.5 Å². The van der Waals surface area contributed by atoms with Gasteiger partial charge in [-0.25, -0.2) is 8.42 Å². The van der Waals surface area contributed by atoms with E-state index in [-0.39, 0.29) is 29.8 Å². The number of piperazine rings is 1. The standard InChI is InChI=1S/C24H28N4O4S/c1-3-12-25-33(31,32)21-10-7-9-20(17-21)24(30)28-15-13-27(14-16-28)18-23(29)26-22-11-6-5-8-19(22)4-2/h1,5-11,17,25H,4,12-16,18H2,2H3,(H,26,29). The number of nitrogens with one attached hydrogen (secondary N) is 2. The number of terminal acetylenes is 1. The molecule has 2 N–H and O–H groups in total. The van der Waals surface area contributed by atoms with Crippen LogP contribution >= 0.6 is 0 Å². The van der Waals surface area contributed by atoms with Crippen molar-refractivity contribution in [2.75, 3.05) is 44.6 Å². The van der Waals surface area contributed by atoms with Crippen LogP contribution in [0, 0.1) is 12.3 Å². The Morgan fingerprint density at radius 3 is 2.48 bits per heavy atom. The van der Waals surface area contributed by atoms with E-state index in [1.165, 1.54) is 18.2 Å². The molecular weight excluding hydrogens is 440 g/mol. The van der Waals surface area contributed by atoms with Gasteiger partial charge in [0.15, 0.2) is 0 Å². The molecule has 1 heterocycles. The Morgan fingerprint density at radius 1 is 1.06 bits per heavy atom. The summed E-state index contributed by atoms with van der Waals surface area (Å²) in [5.74, 6) is 1.89. The molecule has 1 aliphatic rings. The highest BCUT2D eigenvalue weighted by Crippen LogP contribution is 2.17. The molecule has 2 aromatic carbocycles. The number of anilines is 1. The van der Waals surface area contributed by atoms with Gasteiger partial charge in [-0.2, -0.15) is 4.72 Å². The van der Waals surface area contributed by atoms with E-state index < -0.39 is 10.0 Å². The summed E-state index contributed by atoms with van der Waals surface area (Å²) in [5.41, 5.74) is 2.20. The highest BCUT2D eigenvalue weighted by Gasteiger charge is 2.24. The Bertz CT molecular complexity index is 1150. The van der Waals surface area contributed by atoms with Crippen molar-refractivity contribution in [2.24, 2.45) is 0 Å². The third-order valence-corrected chi connectivity index (χ3v) is 6.85. The van der Waals surface area contributed by atoms with Crippen molar-refractivity contribution in [3.63, 3.8) is 0 Å². The summed E-state index contributed by atoms with van der Waals surface area (Å²) in [6, 6.07) is 13.6. The molecule has 33 heavy (non-hydrogen) atoms. The van der Waals surface area contributed by atoms with Crippen molar-refractivity contribution in [3.05, 3.63) is 59.7 Å². The summed E-state index contributed by atoms with van der Waals surface area (Å²) >= 11 is 0. The molecule has 3 rings (SSSR count). The minimum atomic E-state index is -3.78. The fourth-order valence-electron chi connectivity index (χ4n) is 3.65. The van der Waals surface area contributed by atoms with Crippen LogP contribution < -0.4 is 10.0 Å². The Labute approximate surface area is 195 Å². The Hall–Kier alpha value is -3.19. The topological polar surface area (TPSA) is 98.8 Å². The lowest BCUT2D eigenvalue weighted by Gasteiger charge is -2.34. The second kappa shape index (κ2) is 11.1. The van der Waals surface area contributed by atoms with E-state index in [0.717, 1.165) is 17.7 Å². The molecule has 174 valence electrons. The van der Waals surface area contributed by atoms with E-state index in [0.29, 0.717) is 31.7 Å². The SMILES string of the molecule is C#CCNS(=O)(=O)c1cccc(C(=O)N2CCN(CC(=O)Nc3ccccc3CC)CC2)c1. The molecule has 0 radical (unpaired) electrons. The van der Waals surface area contributed by atoms with Gasteiger partial charge in [-0.05, 0) is 36.2 Å². The Morgan fingerprint density at radius 2 is 1.79 bits per heavy atom. The van der Waals surface area contributed by atoms with E-state index in [1.54, 1.807) is 11.0 Å². The second-order valence-corrected chi connectivity index (χ2v) is 9.45. The van der Waals surface area contributed by atoms with Crippen LogP contribution in [0.2, 0.25) is 0 Å². The number of para-hydroxylation sites is 1. The number of sulfonamides is 1. The van der Waals surface area contributed by atoms with Gasteiger partial charge in [-0.15, -0.1) is 6.42 Å². The second-order valence-electron chi connectivity index (χ2n) is 7.68. The van der Waals surface area contributed by atoms with Crippen molar-refractivity contribution in [1.82, 2.24) is 14.5 Å². The van der Waals surface area contributed by atoms with Gasteiger partial charge < -0.3 is 10.2 Å². The average Bonchev–Trinajstić information content (AvgIpc) is 2.83. The Balaban J connectivity index is 1.55. The predicted molar refractivity (Wildman–Crippen MR) is 127 cm³/mol. The molecule has 2 amide bonds. The largest absolute Gasteiger partial charge is 0.336 e. The fraction of sp³-hybridized carbons (Fsp3) is 0.333. The molecule has 2 aromatic rings. The number of amides is 2. The van der Waals surface area contributed by atoms with Gasteiger partial charge in [0, 0.05) is 37.4 Å². The van der Waals surface area contributed by atoms with Crippen LogP contribution in [0.5, 0.6) is 0 Å². The van der Waals surface area contributed by atoms with Gasteiger partial charge in [0.05, 0.1) is 18.0 Å². The summed E-state index contributed by atoms with van der Waals surface area (Å²) in [6.45, 7) is 4.16. The molecule has 1 saturated heterocycles. The maximum atomic E-state index is 12.9. The van der Waals surface area contributed by atoms with Gasteiger partial charge in [0.1, 0.15) is 0 Å². The lowest BCUT2D eigenvalue weighted by molar-refractivity contribution is -0.117. The smallest absolute Gasteiger partial charge is 0.253 e. The zero-order valence-electron chi connectivity index (χ0n) is 18.6. The maximum Gasteiger partial charge on any atom is 0.253 e. The van der Waals surface area contributed by atoms with Crippen LogP contribution in [0.4, 0.5) is 5.69 Å². The molecule has 0 unspecified atom stereocenters. The minimum Gasteiger partial charge on any atom is -0.336 e. The minimum absolute atomic E-state index is 0.00809. The quantitative estimate of drug-likeness (QED) is 0.573. The lowest BCUT2D eigenvalue weighted by atomic mass is 10.1. The number of hydrogen-bond acceptors (Lipinski definition) is 5. The number of rotatable bonds is 8. The zero-order valence-corrected chi connectivity index (χ0v) is 19.4. The van der Waals surface area contributed by atoms with E-state index in [9.17, 15) is 18.0 Å². The average molecular weight is 469 g/mol. The number of hydrogen-bond donors (Lipinski definition) is 2. The van der Waals surface area contributed by atoms with Gasteiger partial charge in [-0.3, -0.25) is 14.5 Å². The van der Waals surface area contributed by atoms with Crippen molar-refractivity contribution < 1.29 is 18.0 Å². The van der Waals surface area contributed by atoms with Gasteiger partial charge in [0.25, 0.3) is 5.91 Å². The van der Waals surface area contributed by atoms with Crippen LogP contribution in [0.3, 0.4) is 0 Å². The lowest BCUT2D eigenvalue weighted by Crippen LogP contribution is -2.50. The van der Waals surface area contributed by atoms with Crippen LogP contribution in [0.15, 0.2) is 53.4 Å². The monoisotopic (exact) mass is 468 g/mol. The summed E-state index contributed by atoms with van der Waals surface area (Å²) in [7, 11) is -3.78. The molecule has 0 saturated carbocycles. The van der Waals surface area contributed by atoms with Gasteiger partial charge in [0.2, 0.25) is 15.9 Å². The van der Waals surface area contributed by atoms with Crippen molar-refractivity contribution in [1.29, 1.82) is 0 Å². The number of aryl methyl sites for hydroxylation is 1. The summed E-state index contributed by atoms with van der Waals surface area (Å²) < 4.78 is 26.9. The van der Waals surface area contributed by atoms with E-state index in [2.05, 4.69) is 16.0 Å². The van der Waals surface area contributed by atoms with E-state index in [1.807, 2.05) is 36.1 Å². The van der Waals surface area contributed by atoms with E-state index in [4.69, 9.17) is 6.42 Å². The molecule has 1 fully saturated rings. The molecule has 0 aliphatic carbocycles. The fourth-order valence-corrected chi connectivity index (χ4v) is 4.63. The first-order valence-electron chi connectivity index (χ1n) is 10.8. The van der Waals surface area contributed by atoms with Gasteiger partial charge in [-0.1, -0.05) is 37.1 Å². The molecule has 0 bridgehead atoms. The summed E-state index contributed by atoms with van der Waals surface area (Å²) in [5, 5.41) is 2.97. The predicted octanol–water partition coefficient (Wildman–Crippen LogP) is 1.56. The molecule has 8 nitrogen and oxygen atoms in total. The highest BCUT2D eigenvalue weighted by atomic mass is 32.2. The maximum absolute atomic E-state index is 12.9. The first-order chi connectivity index (χ1) is 15.8. The Kier molecular flexibility index (Phi) is 8.22. The molecule has 0 aromatic heterocycles. The molecule has 0 atom stereocenters. The summed E-state index contributed by atoms with van der Waals surface area (Å²) in [4.78, 5) is 29.1. The van der Waals surface area contributed by atoms with Crippen LogP contribution in [0.1, 0.15) is 22.8 Å². The number of nitrogens with zero attached hydrogens (tertiary/aromatic N) is 2. The van der Waals surface area contributed by atoms with Crippen LogP contribution in [0.25, 0.3) is 0 Å². The zero-order chi connectivity index (χ0) is 23.8. The third kappa shape index (κ3) is 6.42. The van der Waals surface area contributed by atoms with Crippen molar-refractivity contribution in [3.8, 4) is 12.3 Å². The normalized spacial score (nSPS) is 14.5. The third-order valence-electron chi connectivity index (χ3n) is 5.45. The molecular formula is C24H28N4O4S. The van der Waals surface area contributed by atoms with E-state index >= 15 is 0 Å². The molecule has 0 spiro atoms. The molecule has 1 aliphatic heterocycles. The van der Waals surface area contributed by atoms with Crippen LogP contribution in [-0.2, 0) is 21.2 Å². The first-order valence-corrected chi connectivity index (χ1v) is 12.2. The van der Waals surface area contributed by atoms with Crippen LogP contribution in [-0.4, -0.2) is 69.3 Å². The number of carbonyl (C=O) groups is 2. The summed E-state index contributed by atoms with van der Waals surface area (Å²) in [6.07, 6.45) is 5.95. The first kappa shape index (κ1) is 24.5. The van der Waals surface area contributed by atoms with Gasteiger partial charge >= 0.3 is 0 Å². The number of carbonyl (C=O) groups excluding carboxylic acids is 2. The van der Waals surface area contributed by atoms with Crippen molar-refractivity contribution in [2.45, 2.75) is 18.2 Å². The molecule has 9 heteroatoms.